The summed E-state index contributed by atoms with van der Waals surface area (Å²) >= 11 is 0. The minimum absolute atomic E-state index is 0.0514. The van der Waals surface area contributed by atoms with Gasteiger partial charge in [0.2, 0.25) is 5.76 Å². The van der Waals surface area contributed by atoms with Crippen molar-refractivity contribution in [1.29, 1.82) is 0 Å². The summed E-state index contributed by atoms with van der Waals surface area (Å²) in [6, 6.07) is 6.02. The molecule has 0 bridgehead atoms. The Morgan fingerprint density at radius 1 is 1.11 bits per heavy atom. The molecule has 0 amide bonds. The van der Waals surface area contributed by atoms with Crippen LogP contribution >= 0.6 is 0 Å². The van der Waals surface area contributed by atoms with Crippen LogP contribution in [0.5, 0.6) is 0 Å². The van der Waals surface area contributed by atoms with E-state index in [1.54, 1.807) is 24.4 Å². The Morgan fingerprint density at radius 2 is 1.95 bits per heavy atom. The fourth-order valence-electron chi connectivity index (χ4n) is 1.66. The molecule has 0 saturated carbocycles. The van der Waals surface area contributed by atoms with E-state index in [4.69, 9.17) is 4.52 Å². The summed E-state index contributed by atoms with van der Waals surface area (Å²) in [5.74, 6) is 0.254. The van der Waals surface area contributed by atoms with Gasteiger partial charge in [0.1, 0.15) is 16.7 Å². The van der Waals surface area contributed by atoms with E-state index in [2.05, 4.69) is 15.1 Å². The highest BCUT2D eigenvalue weighted by atomic mass is 19.4. The van der Waals surface area contributed by atoms with Crippen molar-refractivity contribution in [1.82, 2.24) is 15.1 Å². The highest BCUT2D eigenvalue weighted by molar-refractivity contribution is 5.87. The van der Waals surface area contributed by atoms with Crippen molar-refractivity contribution in [3.63, 3.8) is 0 Å². The van der Waals surface area contributed by atoms with Crippen LogP contribution in [0.4, 0.5) is 13.2 Å². The largest absolute Gasteiger partial charge is 0.417 e. The number of rotatable bonds is 1. The monoisotopic (exact) mass is 265 g/mol. The van der Waals surface area contributed by atoms with E-state index in [9.17, 15) is 13.2 Å². The summed E-state index contributed by atoms with van der Waals surface area (Å²) < 4.78 is 42.6. The van der Waals surface area contributed by atoms with Crippen LogP contribution in [0, 0.1) is 0 Å². The lowest BCUT2D eigenvalue weighted by molar-refractivity contribution is -0.137. The maximum atomic E-state index is 12.5. The number of hydrogen-bond acceptors (Lipinski definition) is 4. The number of hydrogen-bond donors (Lipinski definition) is 0. The van der Waals surface area contributed by atoms with Crippen molar-refractivity contribution in [2.24, 2.45) is 0 Å². The SMILES string of the molecule is FC(F)(F)c1cnc2c(-c3ccccn3)onc2c1. The molecule has 0 aliphatic heterocycles. The molecular formula is C12H6F3N3O. The minimum atomic E-state index is -4.45. The van der Waals surface area contributed by atoms with Gasteiger partial charge in [-0.15, -0.1) is 0 Å². The Bertz CT molecular complexity index is 722. The lowest BCUT2D eigenvalue weighted by Crippen LogP contribution is -2.05. The molecule has 3 heterocycles. The lowest BCUT2D eigenvalue weighted by Gasteiger charge is -2.04. The van der Waals surface area contributed by atoms with E-state index >= 15 is 0 Å². The van der Waals surface area contributed by atoms with Gasteiger partial charge in [-0.05, 0) is 18.2 Å². The van der Waals surface area contributed by atoms with E-state index in [1.807, 2.05) is 0 Å². The normalized spacial score (nSPS) is 11.9. The minimum Gasteiger partial charge on any atom is -0.352 e. The molecule has 4 nitrogen and oxygen atoms in total. The Morgan fingerprint density at radius 3 is 2.63 bits per heavy atom. The van der Waals surface area contributed by atoms with Gasteiger partial charge in [-0.25, -0.2) is 4.98 Å². The summed E-state index contributed by atoms with van der Waals surface area (Å²) in [4.78, 5) is 7.81. The molecule has 0 saturated heterocycles. The first-order valence-corrected chi connectivity index (χ1v) is 5.30. The predicted octanol–water partition coefficient (Wildman–Crippen LogP) is 3.30. The lowest BCUT2D eigenvalue weighted by atomic mass is 10.2. The maximum absolute atomic E-state index is 12.5. The van der Waals surface area contributed by atoms with Crippen molar-refractivity contribution in [2.45, 2.75) is 6.18 Å². The molecule has 96 valence electrons. The van der Waals surface area contributed by atoms with Crippen LogP contribution in [0.3, 0.4) is 0 Å². The van der Waals surface area contributed by atoms with E-state index < -0.39 is 11.7 Å². The zero-order valence-corrected chi connectivity index (χ0v) is 9.35. The Hall–Kier alpha value is -2.44. The first-order chi connectivity index (χ1) is 9.05. The zero-order valence-electron chi connectivity index (χ0n) is 9.35. The van der Waals surface area contributed by atoms with Crippen LogP contribution in [0.2, 0.25) is 0 Å². The van der Waals surface area contributed by atoms with Crippen molar-refractivity contribution in [3.8, 4) is 11.5 Å². The Kier molecular flexibility index (Phi) is 2.48. The van der Waals surface area contributed by atoms with Crippen LogP contribution < -0.4 is 0 Å². The molecule has 0 N–H and O–H groups in total. The van der Waals surface area contributed by atoms with Gasteiger partial charge in [-0.1, -0.05) is 11.2 Å². The molecule has 0 radical (unpaired) electrons. The molecule has 0 atom stereocenters. The van der Waals surface area contributed by atoms with Crippen LogP contribution in [0.25, 0.3) is 22.5 Å². The number of halogens is 3. The van der Waals surface area contributed by atoms with Gasteiger partial charge in [0.05, 0.1) is 5.56 Å². The molecule has 0 fully saturated rings. The number of aromatic nitrogens is 3. The molecule has 3 aromatic heterocycles. The van der Waals surface area contributed by atoms with Crippen LogP contribution in [0.15, 0.2) is 41.2 Å². The molecule has 3 rings (SSSR count). The molecule has 0 spiro atoms. The number of alkyl halides is 3. The maximum Gasteiger partial charge on any atom is 0.417 e. The third-order valence-corrected chi connectivity index (χ3v) is 2.54. The molecule has 0 aromatic carbocycles. The topological polar surface area (TPSA) is 51.8 Å². The summed E-state index contributed by atoms with van der Waals surface area (Å²) in [6.07, 6.45) is -2.15. The van der Waals surface area contributed by atoms with E-state index in [-0.39, 0.29) is 16.8 Å². The van der Waals surface area contributed by atoms with E-state index in [0.29, 0.717) is 5.69 Å². The Balaban J connectivity index is 2.16. The van der Waals surface area contributed by atoms with Crippen molar-refractivity contribution >= 4 is 11.0 Å². The van der Waals surface area contributed by atoms with Crippen LogP contribution in [0.1, 0.15) is 5.56 Å². The first kappa shape index (κ1) is 11.6. The molecule has 0 unspecified atom stereocenters. The van der Waals surface area contributed by atoms with E-state index in [1.165, 1.54) is 0 Å². The quantitative estimate of drug-likeness (QED) is 0.677. The van der Waals surface area contributed by atoms with Gasteiger partial charge in [0.25, 0.3) is 0 Å². The fourth-order valence-corrected chi connectivity index (χ4v) is 1.66. The first-order valence-electron chi connectivity index (χ1n) is 5.30. The third kappa shape index (κ3) is 2.03. The summed E-state index contributed by atoms with van der Waals surface area (Å²) in [5, 5.41) is 3.59. The van der Waals surface area contributed by atoms with Crippen molar-refractivity contribution in [2.75, 3.05) is 0 Å². The standard InChI is InChI=1S/C12H6F3N3O/c13-12(14,15)7-5-9-10(17-6-7)11(19-18-9)8-3-1-2-4-16-8/h1-6H. The average molecular weight is 265 g/mol. The van der Waals surface area contributed by atoms with E-state index in [0.717, 1.165) is 12.3 Å². The third-order valence-electron chi connectivity index (χ3n) is 2.54. The second kappa shape index (κ2) is 4.04. The van der Waals surface area contributed by atoms with Crippen molar-refractivity contribution in [3.05, 3.63) is 42.2 Å². The number of nitrogens with zero attached hydrogens (tertiary/aromatic N) is 3. The molecule has 0 aliphatic carbocycles. The zero-order chi connectivity index (χ0) is 13.5. The highest BCUT2D eigenvalue weighted by Crippen LogP contribution is 2.32. The summed E-state index contributed by atoms with van der Waals surface area (Å²) in [7, 11) is 0. The van der Waals surface area contributed by atoms with Crippen LogP contribution in [-0.4, -0.2) is 15.1 Å². The van der Waals surface area contributed by atoms with Crippen LogP contribution in [-0.2, 0) is 6.18 Å². The van der Waals surface area contributed by atoms with Crippen molar-refractivity contribution < 1.29 is 17.7 Å². The van der Waals surface area contributed by atoms with Gasteiger partial charge < -0.3 is 4.52 Å². The Labute approximate surface area is 104 Å². The second-order valence-corrected chi connectivity index (χ2v) is 3.82. The van der Waals surface area contributed by atoms with Gasteiger partial charge in [-0.2, -0.15) is 13.2 Å². The molecule has 19 heavy (non-hydrogen) atoms. The molecule has 7 heteroatoms. The molecular weight excluding hydrogens is 259 g/mol. The number of fused-ring (bicyclic) bond motifs is 1. The van der Waals surface area contributed by atoms with Gasteiger partial charge in [0.15, 0.2) is 0 Å². The second-order valence-electron chi connectivity index (χ2n) is 3.82. The summed E-state index contributed by atoms with van der Waals surface area (Å²) in [6.45, 7) is 0. The summed E-state index contributed by atoms with van der Waals surface area (Å²) in [5.41, 5.74) is -0.0830. The highest BCUT2D eigenvalue weighted by Gasteiger charge is 2.32. The fraction of sp³-hybridized carbons (Fsp3) is 0.0833. The van der Waals surface area contributed by atoms with Gasteiger partial charge in [-0.3, -0.25) is 4.98 Å². The van der Waals surface area contributed by atoms with Gasteiger partial charge >= 0.3 is 6.18 Å². The number of pyridine rings is 2. The molecule has 0 aliphatic rings. The predicted molar refractivity (Wildman–Crippen MR) is 60.0 cm³/mol. The molecule has 3 aromatic rings. The average Bonchev–Trinajstić information content (AvgIpc) is 2.81. The van der Waals surface area contributed by atoms with Gasteiger partial charge in [0, 0.05) is 12.4 Å². The smallest absolute Gasteiger partial charge is 0.352 e.